The highest BCUT2D eigenvalue weighted by atomic mass is 16.1. The largest absolute Gasteiger partial charge is 0.355 e. The first kappa shape index (κ1) is 18.9. The van der Waals surface area contributed by atoms with E-state index in [1.165, 1.54) is 13.8 Å². The summed E-state index contributed by atoms with van der Waals surface area (Å²) in [5.74, 6) is -1.18. The van der Waals surface area contributed by atoms with Gasteiger partial charge in [0.1, 0.15) is 17.5 Å². The number of hydrogen-bond acceptors (Lipinski definition) is 4. The van der Waals surface area contributed by atoms with Crippen LogP contribution in [0.4, 0.5) is 0 Å². The number of nitrogens with zero attached hydrogens (tertiary/aromatic N) is 2. The number of ketones is 2. The van der Waals surface area contributed by atoms with E-state index in [1.54, 1.807) is 0 Å². The average Bonchev–Trinajstić information content (AvgIpc) is 3.47. The van der Waals surface area contributed by atoms with E-state index in [0.717, 1.165) is 39.3 Å². The van der Waals surface area contributed by atoms with E-state index in [1.807, 2.05) is 66.8 Å². The molecule has 2 N–H and O–H groups in total. The number of fused-ring (bicyclic) bond motifs is 8. The van der Waals surface area contributed by atoms with Gasteiger partial charge < -0.3 is 9.97 Å². The molecular weight excluding hydrogens is 388 g/mol. The van der Waals surface area contributed by atoms with Crippen molar-refractivity contribution < 1.29 is 9.59 Å². The first-order chi connectivity index (χ1) is 14.9. The molecule has 2 aliphatic rings. The number of Topliss-reactive ketones (excluding diaryl/α,β-unsaturated/α-hetero) is 2. The molecule has 152 valence electrons. The number of carbonyl (C=O) groups is 2. The Kier molecular flexibility index (Phi) is 4.47. The van der Waals surface area contributed by atoms with Crippen molar-refractivity contribution in [3.05, 3.63) is 70.8 Å². The molecule has 6 heteroatoms. The summed E-state index contributed by atoms with van der Waals surface area (Å²) >= 11 is 0. The van der Waals surface area contributed by atoms with Crippen molar-refractivity contribution in [3.8, 4) is 0 Å². The average molecular weight is 408 g/mol. The molecule has 8 bridgehead atoms. The van der Waals surface area contributed by atoms with Gasteiger partial charge in [-0.05, 0) is 86.2 Å². The van der Waals surface area contributed by atoms with Gasteiger partial charge in [-0.25, -0.2) is 9.97 Å². The molecule has 0 saturated carbocycles. The predicted molar refractivity (Wildman–Crippen MR) is 123 cm³/mol. The molecule has 0 unspecified atom stereocenters. The lowest BCUT2D eigenvalue weighted by molar-refractivity contribution is -0.126. The zero-order valence-corrected chi connectivity index (χ0v) is 17.1. The number of rotatable bonds is 3. The molecule has 5 rings (SSSR count). The number of carbonyl (C=O) groups excluding carboxylic acids is 2. The Hall–Kier alpha value is -4.06. The van der Waals surface area contributed by atoms with E-state index in [4.69, 9.17) is 0 Å². The van der Waals surface area contributed by atoms with Crippen LogP contribution in [0.2, 0.25) is 0 Å². The summed E-state index contributed by atoms with van der Waals surface area (Å²) in [4.78, 5) is 40.5. The number of H-pyrrole nitrogens is 2. The van der Waals surface area contributed by atoms with Gasteiger partial charge >= 0.3 is 0 Å². The van der Waals surface area contributed by atoms with Crippen molar-refractivity contribution >= 4 is 57.9 Å². The van der Waals surface area contributed by atoms with Crippen molar-refractivity contribution in [3.63, 3.8) is 0 Å². The van der Waals surface area contributed by atoms with Crippen LogP contribution in [0.1, 0.15) is 48.1 Å². The second kappa shape index (κ2) is 7.32. The van der Waals surface area contributed by atoms with Gasteiger partial charge in [0.15, 0.2) is 0 Å². The minimum Gasteiger partial charge on any atom is -0.355 e. The first-order valence-corrected chi connectivity index (χ1v) is 10.0. The highest BCUT2D eigenvalue weighted by Crippen LogP contribution is 2.26. The van der Waals surface area contributed by atoms with Gasteiger partial charge in [0.2, 0.25) is 0 Å². The molecular formula is C25H20N4O2. The molecule has 3 aromatic rings. The Bertz CT molecular complexity index is 1440. The molecule has 31 heavy (non-hydrogen) atoms. The number of aromatic nitrogens is 4. The minimum atomic E-state index is -0.813. The Morgan fingerprint density at radius 1 is 0.677 bits per heavy atom. The van der Waals surface area contributed by atoms with Crippen LogP contribution < -0.4 is 0 Å². The van der Waals surface area contributed by atoms with Crippen LogP contribution in [0.3, 0.4) is 0 Å². The standard InChI is InChI=1S/C25H20N4O2/c1-14(30)25(15(2)31)23-12-22-11-20-6-5-18(27-20)9-16-3-4-17(26-16)10-19-7-8-21(28-19)13-24(23)29-22/h3-13,25,27,29H,1-2H3. The summed E-state index contributed by atoms with van der Waals surface area (Å²) in [6.07, 6.45) is 7.75. The second-order valence-electron chi connectivity index (χ2n) is 7.78. The van der Waals surface area contributed by atoms with Crippen molar-refractivity contribution in [2.24, 2.45) is 0 Å². The zero-order valence-electron chi connectivity index (χ0n) is 17.1. The van der Waals surface area contributed by atoms with E-state index in [9.17, 15) is 9.59 Å². The van der Waals surface area contributed by atoms with Gasteiger partial charge in [-0.1, -0.05) is 0 Å². The van der Waals surface area contributed by atoms with Gasteiger partial charge in [-0.15, -0.1) is 0 Å². The Balaban J connectivity index is 1.85. The third kappa shape index (κ3) is 3.75. The van der Waals surface area contributed by atoms with Crippen LogP contribution in [0.5, 0.6) is 0 Å². The number of aromatic amines is 2. The van der Waals surface area contributed by atoms with Gasteiger partial charge in [0.05, 0.1) is 22.8 Å². The maximum Gasteiger partial charge on any atom is 0.144 e. The van der Waals surface area contributed by atoms with Crippen LogP contribution in [0, 0.1) is 0 Å². The predicted octanol–water partition coefficient (Wildman–Crippen LogP) is 4.92. The third-order valence-corrected chi connectivity index (χ3v) is 5.32. The van der Waals surface area contributed by atoms with Crippen molar-refractivity contribution in [2.75, 3.05) is 0 Å². The summed E-state index contributed by atoms with van der Waals surface area (Å²) < 4.78 is 0. The molecule has 0 fully saturated rings. The van der Waals surface area contributed by atoms with E-state index in [-0.39, 0.29) is 11.6 Å². The molecule has 5 heterocycles. The quantitative estimate of drug-likeness (QED) is 0.415. The molecule has 0 saturated heterocycles. The molecule has 6 nitrogen and oxygen atoms in total. The highest BCUT2D eigenvalue weighted by Gasteiger charge is 2.24. The minimum absolute atomic E-state index is 0.183. The van der Waals surface area contributed by atoms with Crippen molar-refractivity contribution in [2.45, 2.75) is 19.8 Å². The first-order valence-electron chi connectivity index (χ1n) is 10.0. The summed E-state index contributed by atoms with van der Waals surface area (Å²) in [6, 6.07) is 13.5. The van der Waals surface area contributed by atoms with Gasteiger partial charge in [0.25, 0.3) is 0 Å². The highest BCUT2D eigenvalue weighted by molar-refractivity contribution is 6.07. The molecule has 0 atom stereocenters. The fourth-order valence-electron chi connectivity index (χ4n) is 4.00. The molecule has 0 spiro atoms. The summed E-state index contributed by atoms with van der Waals surface area (Å²) in [7, 11) is 0. The molecule has 0 radical (unpaired) electrons. The zero-order chi connectivity index (χ0) is 21.5. The SMILES string of the molecule is CC(=O)C(C(C)=O)c1cc2cc3ccc(cc4nc(cc5nc(cc1[nH]2)C=C5)C=C4)[nH]3. The van der Waals surface area contributed by atoms with Gasteiger partial charge in [-0.2, -0.15) is 0 Å². The Labute approximate surface area is 178 Å². The van der Waals surface area contributed by atoms with Crippen LogP contribution in [0.15, 0.2) is 42.5 Å². The lowest BCUT2D eigenvalue weighted by atomic mass is 9.92. The molecule has 2 aliphatic heterocycles. The maximum absolute atomic E-state index is 12.3. The van der Waals surface area contributed by atoms with E-state index < -0.39 is 5.92 Å². The summed E-state index contributed by atoms with van der Waals surface area (Å²) in [5.41, 5.74) is 7.19. The van der Waals surface area contributed by atoms with E-state index >= 15 is 0 Å². The summed E-state index contributed by atoms with van der Waals surface area (Å²) in [6.45, 7) is 2.90. The third-order valence-electron chi connectivity index (χ3n) is 5.32. The van der Waals surface area contributed by atoms with Crippen LogP contribution in [-0.4, -0.2) is 31.5 Å². The van der Waals surface area contributed by atoms with Gasteiger partial charge in [-0.3, -0.25) is 9.59 Å². The lowest BCUT2D eigenvalue weighted by Crippen LogP contribution is -2.16. The fourth-order valence-corrected chi connectivity index (χ4v) is 4.00. The fraction of sp³-hybridized carbons (Fsp3) is 0.120. The molecule has 0 aromatic carbocycles. The number of hydrogen-bond donors (Lipinski definition) is 2. The Morgan fingerprint density at radius 2 is 1.23 bits per heavy atom. The summed E-state index contributed by atoms with van der Waals surface area (Å²) in [5, 5.41) is 0. The maximum atomic E-state index is 12.3. The lowest BCUT2D eigenvalue weighted by Gasteiger charge is -2.08. The Morgan fingerprint density at radius 3 is 1.84 bits per heavy atom. The van der Waals surface area contributed by atoms with Crippen LogP contribution in [0.25, 0.3) is 46.4 Å². The van der Waals surface area contributed by atoms with Gasteiger partial charge in [0, 0.05) is 22.1 Å². The normalized spacial score (nSPS) is 12.5. The monoisotopic (exact) mass is 408 g/mol. The molecule has 3 aromatic heterocycles. The van der Waals surface area contributed by atoms with Crippen molar-refractivity contribution in [1.82, 2.24) is 19.9 Å². The smallest absolute Gasteiger partial charge is 0.144 e. The molecule has 0 amide bonds. The van der Waals surface area contributed by atoms with Crippen molar-refractivity contribution in [1.29, 1.82) is 0 Å². The van der Waals surface area contributed by atoms with Crippen LogP contribution >= 0.6 is 0 Å². The van der Waals surface area contributed by atoms with E-state index in [0.29, 0.717) is 11.1 Å². The molecule has 0 aliphatic carbocycles. The topological polar surface area (TPSA) is 91.5 Å². The van der Waals surface area contributed by atoms with E-state index in [2.05, 4.69) is 19.9 Å². The number of nitrogens with one attached hydrogen (secondary N) is 2. The second-order valence-corrected chi connectivity index (χ2v) is 7.78. The van der Waals surface area contributed by atoms with Crippen LogP contribution in [-0.2, 0) is 9.59 Å².